The number of phenols is 1. The molecule has 0 spiro atoms. The van der Waals surface area contributed by atoms with E-state index in [9.17, 15) is 33.9 Å². The third-order valence-electron chi connectivity index (χ3n) is 9.69. The molecule has 0 unspecified atom stereocenters. The van der Waals surface area contributed by atoms with Crippen LogP contribution >= 0.6 is 11.6 Å². The fourth-order valence-corrected chi connectivity index (χ4v) is 8.01. The molecule has 3 fully saturated rings. The van der Waals surface area contributed by atoms with Gasteiger partial charge < -0.3 is 15.3 Å². The van der Waals surface area contributed by atoms with E-state index in [1.54, 1.807) is 6.07 Å². The summed E-state index contributed by atoms with van der Waals surface area (Å²) < 4.78 is 0. The third-order valence-corrected chi connectivity index (χ3v) is 10.0. The Kier molecular flexibility index (Phi) is 9.43. The molecule has 2 heterocycles. The molecule has 0 bridgehead atoms. The second kappa shape index (κ2) is 13.1. The normalized spacial score (nSPS) is 27.7. The first-order valence-electron chi connectivity index (χ1n) is 15.3. The number of benzene rings is 1. The van der Waals surface area contributed by atoms with Crippen LogP contribution in [0.1, 0.15) is 75.7 Å². The fourth-order valence-electron chi connectivity index (χ4n) is 7.72. The van der Waals surface area contributed by atoms with E-state index in [1.165, 1.54) is 21.9 Å². The molecule has 0 aromatic heterocycles. The number of carboxylic acids is 2. The Morgan fingerprint density at radius 1 is 0.750 bits per heavy atom. The SMILES string of the molecule is O=C(O)CCCCCN1C(=O)[C@H]2[C@H](CC=C3[C@H]2C[C@H]2C(=O)N(CCCCCC(=O)O)C(=O)[C@H]2[C@H]3c2ccc(O)cc2Cl)C1=O. The van der Waals surface area contributed by atoms with E-state index >= 15 is 0 Å². The lowest BCUT2D eigenvalue weighted by Gasteiger charge is -2.44. The number of allylic oxidation sites excluding steroid dienone is 2. The molecule has 44 heavy (non-hydrogen) atoms. The molecule has 0 radical (unpaired) electrons. The highest BCUT2D eigenvalue weighted by atomic mass is 35.5. The van der Waals surface area contributed by atoms with Crippen LogP contribution in [0.4, 0.5) is 0 Å². The number of phenolic OH excluding ortho intramolecular Hbond substituents is 1. The zero-order valence-electron chi connectivity index (χ0n) is 24.3. The molecule has 12 heteroatoms. The highest BCUT2D eigenvalue weighted by Gasteiger charge is 2.61. The van der Waals surface area contributed by atoms with Crippen LogP contribution in [-0.4, -0.2) is 73.8 Å². The molecule has 11 nitrogen and oxygen atoms in total. The fraction of sp³-hybridized carbons (Fsp3) is 0.562. The molecule has 4 aliphatic rings. The Balaban J connectivity index is 1.41. The van der Waals surface area contributed by atoms with Gasteiger partial charge in [-0.25, -0.2) is 0 Å². The molecule has 2 aliphatic heterocycles. The first-order chi connectivity index (χ1) is 21.0. The van der Waals surface area contributed by atoms with Gasteiger partial charge in [0, 0.05) is 36.9 Å². The zero-order valence-corrected chi connectivity index (χ0v) is 25.1. The van der Waals surface area contributed by atoms with Crippen molar-refractivity contribution >= 4 is 47.2 Å². The summed E-state index contributed by atoms with van der Waals surface area (Å²) in [6.07, 6.45) is 5.52. The van der Waals surface area contributed by atoms with Gasteiger partial charge in [0.15, 0.2) is 0 Å². The van der Waals surface area contributed by atoms with E-state index in [4.69, 9.17) is 21.8 Å². The minimum absolute atomic E-state index is 0.0130. The topological polar surface area (TPSA) is 170 Å². The van der Waals surface area contributed by atoms with E-state index in [0.717, 1.165) is 5.57 Å². The van der Waals surface area contributed by atoms with Crippen molar-refractivity contribution in [3.8, 4) is 5.75 Å². The van der Waals surface area contributed by atoms with Gasteiger partial charge in [0.05, 0.1) is 23.7 Å². The number of unbranched alkanes of at least 4 members (excludes halogenated alkanes) is 4. The van der Waals surface area contributed by atoms with Crippen LogP contribution < -0.4 is 0 Å². The Labute approximate surface area is 259 Å². The number of nitrogens with zero attached hydrogens (tertiary/aromatic N) is 2. The van der Waals surface area contributed by atoms with Crippen molar-refractivity contribution in [3.05, 3.63) is 40.4 Å². The number of aliphatic carboxylic acids is 2. The van der Waals surface area contributed by atoms with E-state index in [0.29, 0.717) is 50.5 Å². The summed E-state index contributed by atoms with van der Waals surface area (Å²) in [6, 6.07) is 4.51. The number of carbonyl (C=O) groups excluding carboxylic acids is 4. The highest BCUT2D eigenvalue weighted by Crippen LogP contribution is 2.58. The average Bonchev–Trinajstić information content (AvgIpc) is 3.35. The molecule has 1 aromatic rings. The van der Waals surface area contributed by atoms with Gasteiger partial charge in [0.25, 0.3) is 0 Å². The molecule has 1 saturated carbocycles. The first-order valence-corrected chi connectivity index (χ1v) is 15.7. The summed E-state index contributed by atoms with van der Waals surface area (Å²) in [5.41, 5.74) is 1.39. The Morgan fingerprint density at radius 3 is 1.89 bits per heavy atom. The summed E-state index contributed by atoms with van der Waals surface area (Å²) in [6.45, 7) is 0.377. The number of aromatic hydroxyl groups is 1. The second-order valence-corrected chi connectivity index (χ2v) is 12.7. The number of hydrogen-bond acceptors (Lipinski definition) is 7. The number of likely N-dealkylation sites (tertiary alicyclic amines) is 2. The number of imide groups is 2. The van der Waals surface area contributed by atoms with Crippen molar-refractivity contribution < 1.29 is 44.1 Å². The van der Waals surface area contributed by atoms with Crippen LogP contribution in [0.25, 0.3) is 0 Å². The van der Waals surface area contributed by atoms with Gasteiger partial charge in [0.2, 0.25) is 23.6 Å². The number of amides is 4. The van der Waals surface area contributed by atoms with Crippen LogP contribution in [0.3, 0.4) is 0 Å². The standard InChI is InChI=1S/C32H37ClN2O9/c33-23-15-17(36)9-10-19(23)26-18-11-12-20-27(31(43)34(29(20)41)13-5-1-3-7-24(37)38)21(18)16-22-28(26)32(44)35(30(22)42)14-6-2-4-8-25(39)40/h9-11,15,20-22,26-28,36H,1-8,12-14,16H2,(H,37,38)(H,39,40)/t20-,21+,22+,26+,27-,28+/m0/s1. The van der Waals surface area contributed by atoms with Gasteiger partial charge in [-0.15, -0.1) is 0 Å². The Morgan fingerprint density at radius 2 is 1.32 bits per heavy atom. The van der Waals surface area contributed by atoms with Crippen molar-refractivity contribution in [1.29, 1.82) is 0 Å². The van der Waals surface area contributed by atoms with Crippen LogP contribution in [0.2, 0.25) is 5.02 Å². The van der Waals surface area contributed by atoms with E-state index in [1.807, 2.05) is 6.08 Å². The Bertz CT molecular complexity index is 1410. The molecular formula is C32H37ClN2O9. The predicted octanol–water partition coefficient (Wildman–Crippen LogP) is 3.97. The van der Waals surface area contributed by atoms with Crippen molar-refractivity contribution in [3.63, 3.8) is 0 Å². The van der Waals surface area contributed by atoms with Crippen LogP contribution in [0.5, 0.6) is 5.75 Å². The number of carboxylic acid groups (broad SMARTS) is 2. The minimum Gasteiger partial charge on any atom is -0.508 e. The number of hydrogen-bond donors (Lipinski definition) is 3. The van der Waals surface area contributed by atoms with E-state index in [-0.39, 0.29) is 66.8 Å². The minimum atomic E-state index is -0.899. The summed E-state index contributed by atoms with van der Waals surface area (Å²) in [5, 5.41) is 28.1. The molecule has 4 amide bonds. The monoisotopic (exact) mass is 628 g/mol. The molecule has 6 atom stereocenters. The number of fused-ring (bicyclic) bond motifs is 4. The van der Waals surface area contributed by atoms with E-state index < -0.39 is 47.4 Å². The van der Waals surface area contributed by atoms with Crippen molar-refractivity contribution in [2.75, 3.05) is 13.1 Å². The van der Waals surface area contributed by atoms with E-state index in [2.05, 4.69) is 0 Å². The molecule has 3 N–H and O–H groups in total. The summed E-state index contributed by atoms with van der Waals surface area (Å²) in [5.74, 6) is -6.83. The maximum atomic E-state index is 13.9. The first kappa shape index (κ1) is 31.7. The Hall–Kier alpha value is -3.73. The molecule has 2 saturated heterocycles. The third kappa shape index (κ3) is 5.98. The van der Waals surface area contributed by atoms with Gasteiger partial charge in [-0.2, -0.15) is 0 Å². The van der Waals surface area contributed by atoms with Crippen molar-refractivity contribution in [2.24, 2.45) is 29.6 Å². The summed E-state index contributed by atoms with van der Waals surface area (Å²) in [7, 11) is 0. The summed E-state index contributed by atoms with van der Waals surface area (Å²) >= 11 is 6.63. The van der Waals surface area contributed by atoms with Crippen LogP contribution in [0.15, 0.2) is 29.8 Å². The van der Waals surface area contributed by atoms with Gasteiger partial charge in [-0.1, -0.05) is 42.2 Å². The van der Waals surface area contributed by atoms with Gasteiger partial charge in [-0.05, 0) is 62.1 Å². The molecule has 2 aliphatic carbocycles. The molecule has 1 aromatic carbocycles. The van der Waals surface area contributed by atoms with Crippen molar-refractivity contribution in [1.82, 2.24) is 9.80 Å². The zero-order chi connectivity index (χ0) is 31.7. The number of carbonyl (C=O) groups is 6. The quantitative estimate of drug-likeness (QED) is 0.166. The van der Waals surface area contributed by atoms with Gasteiger partial charge >= 0.3 is 11.9 Å². The van der Waals surface area contributed by atoms with Gasteiger partial charge in [-0.3, -0.25) is 38.6 Å². The predicted molar refractivity (Wildman–Crippen MR) is 156 cm³/mol. The van der Waals surface area contributed by atoms with Crippen LogP contribution in [0, 0.1) is 29.6 Å². The average molecular weight is 629 g/mol. The molecule has 236 valence electrons. The maximum absolute atomic E-state index is 13.9. The number of halogens is 1. The molecular weight excluding hydrogens is 592 g/mol. The highest BCUT2D eigenvalue weighted by molar-refractivity contribution is 6.31. The van der Waals surface area contributed by atoms with Gasteiger partial charge in [0.1, 0.15) is 5.75 Å². The largest absolute Gasteiger partial charge is 0.508 e. The van der Waals surface area contributed by atoms with Crippen LogP contribution in [-0.2, 0) is 28.8 Å². The lowest BCUT2D eigenvalue weighted by Crippen LogP contribution is -2.43. The molecule has 5 rings (SSSR count). The smallest absolute Gasteiger partial charge is 0.303 e. The summed E-state index contributed by atoms with van der Waals surface area (Å²) in [4.78, 5) is 79.1. The maximum Gasteiger partial charge on any atom is 0.303 e. The lowest BCUT2D eigenvalue weighted by molar-refractivity contribution is -0.142. The lowest BCUT2D eigenvalue weighted by atomic mass is 9.57. The second-order valence-electron chi connectivity index (χ2n) is 12.3. The number of rotatable bonds is 13. The van der Waals surface area contributed by atoms with Crippen molar-refractivity contribution in [2.45, 2.75) is 70.1 Å².